The lowest BCUT2D eigenvalue weighted by molar-refractivity contribution is 0.0607. The van der Waals surface area contributed by atoms with Crippen LogP contribution >= 0.6 is 11.3 Å². The van der Waals surface area contributed by atoms with Crippen LogP contribution in [0.15, 0.2) is 45.5 Å². The molecule has 0 atom stereocenters. The summed E-state index contributed by atoms with van der Waals surface area (Å²) in [6.45, 7) is 0. The maximum Gasteiger partial charge on any atom is 0.350 e. The van der Waals surface area contributed by atoms with Gasteiger partial charge in [-0.2, -0.15) is 0 Å². The van der Waals surface area contributed by atoms with Gasteiger partial charge in [0, 0.05) is 0 Å². The largest absolute Gasteiger partial charge is 0.465 e. The lowest BCUT2D eigenvalue weighted by Crippen LogP contribution is -2.17. The number of rotatable bonds is 5. The molecule has 0 aliphatic heterocycles. The molecule has 11 heteroatoms. The van der Waals surface area contributed by atoms with Crippen molar-refractivity contribution in [1.82, 2.24) is 0 Å². The van der Waals surface area contributed by atoms with Gasteiger partial charge in [-0.15, -0.1) is 11.3 Å². The second-order valence-corrected chi connectivity index (χ2v) is 8.44. The average molecular weight is 376 g/mol. The van der Waals surface area contributed by atoms with Crippen molar-refractivity contribution in [3.8, 4) is 0 Å². The van der Waals surface area contributed by atoms with E-state index in [1.807, 2.05) is 0 Å². The van der Waals surface area contributed by atoms with Gasteiger partial charge in [0.1, 0.15) is 4.88 Å². The fourth-order valence-corrected chi connectivity index (χ4v) is 4.24. The standard InChI is InChI=1S/C12H12N2O6S3/c1-20-12(15)11-10(5-6-21-11)14-23(18,19)9-4-2-3-8(7-9)22(13,16)17/h2-7,14H,1H3,(H2,13,16,17). The van der Waals surface area contributed by atoms with Crippen molar-refractivity contribution < 1.29 is 26.4 Å². The van der Waals surface area contributed by atoms with E-state index in [-0.39, 0.29) is 20.4 Å². The molecule has 1 aromatic heterocycles. The summed E-state index contributed by atoms with van der Waals surface area (Å²) in [7, 11) is -6.96. The molecule has 1 heterocycles. The number of methoxy groups -OCH3 is 1. The van der Waals surface area contributed by atoms with Gasteiger partial charge in [-0.3, -0.25) is 4.72 Å². The van der Waals surface area contributed by atoms with Gasteiger partial charge >= 0.3 is 5.97 Å². The van der Waals surface area contributed by atoms with Gasteiger partial charge in [-0.25, -0.2) is 26.8 Å². The van der Waals surface area contributed by atoms with E-state index < -0.39 is 26.0 Å². The van der Waals surface area contributed by atoms with E-state index >= 15 is 0 Å². The van der Waals surface area contributed by atoms with Crippen molar-refractivity contribution in [2.75, 3.05) is 11.8 Å². The third kappa shape index (κ3) is 3.88. The molecule has 23 heavy (non-hydrogen) atoms. The predicted molar refractivity (Wildman–Crippen MR) is 84.3 cm³/mol. The highest BCUT2D eigenvalue weighted by molar-refractivity contribution is 7.93. The summed E-state index contributed by atoms with van der Waals surface area (Å²) in [4.78, 5) is 11.0. The summed E-state index contributed by atoms with van der Waals surface area (Å²) >= 11 is 1.01. The van der Waals surface area contributed by atoms with Crippen LogP contribution in [0.1, 0.15) is 9.67 Å². The molecule has 124 valence electrons. The molecular formula is C12H12N2O6S3. The van der Waals surface area contributed by atoms with Crippen molar-refractivity contribution in [1.29, 1.82) is 0 Å². The molecule has 0 saturated heterocycles. The van der Waals surface area contributed by atoms with Crippen LogP contribution in [-0.2, 0) is 24.8 Å². The summed E-state index contributed by atoms with van der Waals surface area (Å²) < 4.78 is 54.1. The number of sulfonamides is 2. The fraction of sp³-hybridized carbons (Fsp3) is 0.0833. The first kappa shape index (κ1) is 17.4. The molecule has 0 saturated carbocycles. The van der Waals surface area contributed by atoms with Crippen LogP contribution in [0.25, 0.3) is 0 Å². The SMILES string of the molecule is COC(=O)c1sccc1NS(=O)(=O)c1cccc(S(N)(=O)=O)c1. The van der Waals surface area contributed by atoms with E-state index in [1.54, 1.807) is 0 Å². The molecular weight excluding hydrogens is 364 g/mol. The lowest BCUT2D eigenvalue weighted by Gasteiger charge is -2.09. The second-order valence-electron chi connectivity index (χ2n) is 4.28. The summed E-state index contributed by atoms with van der Waals surface area (Å²) in [5.74, 6) is -0.684. The van der Waals surface area contributed by atoms with E-state index in [0.717, 1.165) is 17.4 Å². The third-order valence-electron chi connectivity index (χ3n) is 2.72. The van der Waals surface area contributed by atoms with Crippen molar-refractivity contribution in [2.45, 2.75) is 9.79 Å². The van der Waals surface area contributed by atoms with E-state index in [4.69, 9.17) is 5.14 Å². The van der Waals surface area contributed by atoms with Crippen molar-refractivity contribution in [2.24, 2.45) is 5.14 Å². The highest BCUT2D eigenvalue weighted by Gasteiger charge is 2.21. The molecule has 1 aromatic carbocycles. The molecule has 0 bridgehead atoms. The van der Waals surface area contributed by atoms with Gasteiger partial charge in [0.2, 0.25) is 10.0 Å². The first-order chi connectivity index (χ1) is 10.6. The molecule has 2 aromatic rings. The first-order valence-electron chi connectivity index (χ1n) is 5.96. The number of thiophene rings is 1. The van der Waals surface area contributed by atoms with Gasteiger partial charge in [0.25, 0.3) is 10.0 Å². The Hall–Kier alpha value is -1.95. The molecule has 0 aliphatic carbocycles. The number of benzene rings is 1. The van der Waals surface area contributed by atoms with Crippen LogP contribution in [0.4, 0.5) is 5.69 Å². The van der Waals surface area contributed by atoms with Crippen LogP contribution in [0.2, 0.25) is 0 Å². The van der Waals surface area contributed by atoms with Gasteiger partial charge in [-0.1, -0.05) is 6.07 Å². The Morgan fingerprint density at radius 1 is 1.17 bits per heavy atom. The van der Waals surface area contributed by atoms with Crippen LogP contribution in [-0.4, -0.2) is 29.9 Å². The minimum Gasteiger partial charge on any atom is -0.465 e. The fourth-order valence-electron chi connectivity index (χ4n) is 1.66. The number of ether oxygens (including phenoxy) is 1. The van der Waals surface area contributed by atoms with Crippen LogP contribution < -0.4 is 9.86 Å². The Bertz CT molecular complexity index is 947. The summed E-state index contributed by atoms with van der Waals surface area (Å²) in [6.07, 6.45) is 0. The number of anilines is 1. The molecule has 0 radical (unpaired) electrons. The summed E-state index contributed by atoms with van der Waals surface area (Å²) in [5.41, 5.74) is 0.0443. The first-order valence-corrected chi connectivity index (χ1v) is 9.87. The Morgan fingerprint density at radius 3 is 2.43 bits per heavy atom. The number of carbonyl (C=O) groups is 1. The molecule has 0 unspecified atom stereocenters. The minimum atomic E-state index is -4.10. The number of esters is 1. The highest BCUT2D eigenvalue weighted by atomic mass is 32.2. The molecule has 0 spiro atoms. The molecule has 0 aliphatic rings. The Balaban J connectivity index is 2.41. The zero-order chi connectivity index (χ0) is 17.3. The van der Waals surface area contributed by atoms with Gasteiger partial charge < -0.3 is 4.74 Å². The monoisotopic (exact) mass is 376 g/mol. The third-order valence-corrected chi connectivity index (χ3v) is 5.89. The molecule has 2 rings (SSSR count). The van der Waals surface area contributed by atoms with Gasteiger partial charge in [0.15, 0.2) is 0 Å². The van der Waals surface area contributed by atoms with E-state index in [2.05, 4.69) is 9.46 Å². The normalized spacial score (nSPS) is 11.9. The molecule has 3 N–H and O–H groups in total. The van der Waals surface area contributed by atoms with Crippen molar-refractivity contribution in [3.63, 3.8) is 0 Å². The van der Waals surface area contributed by atoms with E-state index in [9.17, 15) is 21.6 Å². The maximum atomic E-state index is 12.3. The van der Waals surface area contributed by atoms with Gasteiger partial charge in [-0.05, 0) is 29.6 Å². The second kappa shape index (κ2) is 6.28. The smallest absolute Gasteiger partial charge is 0.350 e. The summed E-state index contributed by atoms with van der Waals surface area (Å²) in [6, 6.07) is 5.98. The number of carbonyl (C=O) groups excluding carboxylic acids is 1. The Kier molecular flexibility index (Phi) is 4.75. The lowest BCUT2D eigenvalue weighted by atomic mass is 10.4. The Morgan fingerprint density at radius 2 is 1.83 bits per heavy atom. The minimum absolute atomic E-state index is 0.0443. The van der Waals surface area contributed by atoms with Crippen molar-refractivity contribution in [3.05, 3.63) is 40.6 Å². The highest BCUT2D eigenvalue weighted by Crippen LogP contribution is 2.26. The number of nitrogens with two attached hydrogens (primary N) is 1. The van der Waals surface area contributed by atoms with E-state index in [1.165, 1.54) is 36.8 Å². The predicted octanol–water partition coefficient (Wildman–Crippen LogP) is 0.983. The van der Waals surface area contributed by atoms with Crippen molar-refractivity contribution >= 4 is 43.0 Å². The number of hydrogen-bond acceptors (Lipinski definition) is 7. The Labute approximate surface area is 137 Å². The zero-order valence-corrected chi connectivity index (χ0v) is 14.2. The number of nitrogens with one attached hydrogen (secondary N) is 1. The zero-order valence-electron chi connectivity index (χ0n) is 11.7. The van der Waals surface area contributed by atoms with Crippen LogP contribution in [0.3, 0.4) is 0 Å². The average Bonchev–Trinajstić information content (AvgIpc) is 2.93. The van der Waals surface area contributed by atoms with Crippen LogP contribution in [0.5, 0.6) is 0 Å². The molecule has 0 fully saturated rings. The molecule has 8 nitrogen and oxygen atoms in total. The quantitative estimate of drug-likeness (QED) is 0.748. The summed E-state index contributed by atoms with van der Waals surface area (Å²) in [5, 5.41) is 6.50. The number of hydrogen-bond donors (Lipinski definition) is 2. The number of primary sulfonamides is 1. The maximum absolute atomic E-state index is 12.3. The molecule has 0 amide bonds. The topological polar surface area (TPSA) is 133 Å². The van der Waals surface area contributed by atoms with E-state index in [0.29, 0.717) is 0 Å². The van der Waals surface area contributed by atoms with Crippen LogP contribution in [0, 0.1) is 0 Å². The van der Waals surface area contributed by atoms with Gasteiger partial charge in [0.05, 0.1) is 22.6 Å².